The summed E-state index contributed by atoms with van der Waals surface area (Å²) in [6.45, 7) is 9.93. The van der Waals surface area contributed by atoms with E-state index in [1.54, 1.807) is 51.1 Å². The van der Waals surface area contributed by atoms with Crippen LogP contribution in [0.25, 0.3) is 11.2 Å². The molecule has 1 aliphatic heterocycles. The van der Waals surface area contributed by atoms with Crippen molar-refractivity contribution in [3.63, 3.8) is 0 Å². The maximum Gasteiger partial charge on any atom is 0.459 e. The number of benzene rings is 1. The van der Waals surface area contributed by atoms with Crippen molar-refractivity contribution in [2.75, 3.05) is 13.2 Å². The monoisotopic (exact) mass is 579 g/mol. The van der Waals surface area contributed by atoms with Crippen molar-refractivity contribution in [2.45, 2.75) is 78.1 Å². The van der Waals surface area contributed by atoms with Gasteiger partial charge in [-0.15, -0.1) is 0 Å². The van der Waals surface area contributed by atoms with Gasteiger partial charge in [0.15, 0.2) is 23.1 Å². The Balaban J connectivity index is 1.52. The van der Waals surface area contributed by atoms with Crippen molar-refractivity contribution in [1.82, 2.24) is 24.6 Å². The van der Waals surface area contributed by atoms with Crippen LogP contribution in [0.4, 0.5) is 4.39 Å². The quantitative estimate of drug-likeness (QED) is 0.237. The molecule has 0 aliphatic carbocycles. The summed E-state index contributed by atoms with van der Waals surface area (Å²) in [4.78, 5) is 25.4. The first-order valence-electron chi connectivity index (χ1n) is 13.1. The number of carbonyl (C=O) groups excluding carboxylic acids is 1. The summed E-state index contributed by atoms with van der Waals surface area (Å²) in [5.74, 6) is 0.372. The van der Waals surface area contributed by atoms with E-state index < -0.39 is 37.8 Å². The largest absolute Gasteiger partial charge is 0.476 e. The Morgan fingerprint density at radius 1 is 1.27 bits per heavy atom. The van der Waals surface area contributed by atoms with Gasteiger partial charge in [0, 0.05) is 6.42 Å². The number of fused-ring (bicyclic) bond motifs is 1. The average molecular weight is 580 g/mol. The molecule has 1 unspecified atom stereocenters. The van der Waals surface area contributed by atoms with E-state index in [0.29, 0.717) is 29.5 Å². The van der Waals surface area contributed by atoms with Crippen molar-refractivity contribution in [3.05, 3.63) is 42.5 Å². The van der Waals surface area contributed by atoms with E-state index in [-0.39, 0.29) is 24.9 Å². The number of halogens is 1. The Morgan fingerprint density at radius 2 is 2.00 bits per heavy atom. The minimum atomic E-state index is -4.14. The number of nitrogens with one attached hydrogen (secondary N) is 1. The molecular weight excluding hydrogens is 544 g/mol. The van der Waals surface area contributed by atoms with Gasteiger partial charge in [-0.25, -0.2) is 18.9 Å². The molecule has 3 heterocycles. The Hall–Kier alpha value is -3.12. The third kappa shape index (κ3) is 6.95. The molecule has 12 nitrogen and oxygen atoms in total. The fraction of sp³-hybridized carbons (Fsp3) is 0.538. The zero-order valence-corrected chi connectivity index (χ0v) is 24.3. The summed E-state index contributed by atoms with van der Waals surface area (Å²) in [7, 11) is -4.14. The summed E-state index contributed by atoms with van der Waals surface area (Å²) in [5, 5.41) is 2.62. The van der Waals surface area contributed by atoms with E-state index in [4.69, 9.17) is 23.3 Å². The number of ether oxygens (including phenoxy) is 3. The second kappa shape index (κ2) is 12.2. The van der Waals surface area contributed by atoms with E-state index >= 15 is 4.39 Å². The molecule has 2 aromatic heterocycles. The van der Waals surface area contributed by atoms with Gasteiger partial charge in [-0.1, -0.05) is 18.2 Å². The number of para-hydroxylation sites is 1. The number of rotatable bonds is 12. The van der Waals surface area contributed by atoms with Gasteiger partial charge < -0.3 is 18.7 Å². The van der Waals surface area contributed by atoms with Crippen LogP contribution in [0.15, 0.2) is 36.7 Å². The molecule has 5 atom stereocenters. The van der Waals surface area contributed by atoms with Crippen LogP contribution < -0.4 is 14.3 Å². The molecule has 1 aromatic carbocycles. The van der Waals surface area contributed by atoms with Crippen LogP contribution in [0, 0.1) is 6.92 Å². The maximum absolute atomic E-state index is 15.9. The Kier molecular flexibility index (Phi) is 9.09. The highest BCUT2D eigenvalue weighted by Crippen LogP contribution is 2.48. The predicted molar refractivity (Wildman–Crippen MR) is 144 cm³/mol. The second-order valence-electron chi connectivity index (χ2n) is 9.96. The average Bonchev–Trinajstić information content (AvgIpc) is 3.42. The molecule has 0 spiro atoms. The fourth-order valence-corrected chi connectivity index (χ4v) is 5.81. The molecule has 40 heavy (non-hydrogen) atoms. The lowest BCUT2D eigenvalue weighted by molar-refractivity contribution is -0.149. The summed E-state index contributed by atoms with van der Waals surface area (Å²) in [6, 6.07) is 7.35. The molecule has 218 valence electrons. The van der Waals surface area contributed by atoms with Gasteiger partial charge in [-0.3, -0.25) is 13.9 Å². The Bertz CT molecular complexity index is 1370. The van der Waals surface area contributed by atoms with Gasteiger partial charge in [0.1, 0.15) is 17.6 Å². The third-order valence-electron chi connectivity index (χ3n) is 5.95. The summed E-state index contributed by atoms with van der Waals surface area (Å²) < 4.78 is 59.3. The minimum absolute atomic E-state index is 0.0734. The zero-order chi connectivity index (χ0) is 29.1. The number of alkyl halides is 1. The van der Waals surface area contributed by atoms with Crippen LogP contribution in [-0.2, 0) is 23.4 Å². The molecule has 1 saturated heterocycles. The van der Waals surface area contributed by atoms with Crippen LogP contribution >= 0.6 is 7.75 Å². The number of aryl methyl sites for hydroxylation is 1. The van der Waals surface area contributed by atoms with Crippen LogP contribution in [0.3, 0.4) is 0 Å². The van der Waals surface area contributed by atoms with E-state index in [1.807, 2.05) is 6.92 Å². The Morgan fingerprint density at radius 3 is 2.67 bits per heavy atom. The molecule has 0 radical (unpaired) electrons. The molecule has 4 rings (SSSR count). The number of hydrogen-bond acceptors (Lipinski definition) is 10. The van der Waals surface area contributed by atoms with E-state index in [0.717, 1.165) is 0 Å². The number of carbonyl (C=O) groups is 1. The van der Waals surface area contributed by atoms with Crippen molar-refractivity contribution < 1.29 is 37.0 Å². The number of aromatic nitrogens is 4. The van der Waals surface area contributed by atoms with Gasteiger partial charge in [0.25, 0.3) is 0 Å². The minimum Gasteiger partial charge on any atom is -0.476 e. The summed E-state index contributed by atoms with van der Waals surface area (Å²) in [6.07, 6.45) is -0.914. The molecule has 14 heteroatoms. The number of nitrogens with zero attached hydrogens (tertiary/aromatic N) is 4. The highest BCUT2D eigenvalue weighted by atomic mass is 31.2. The SMILES string of the molecule is CCOc1nc(C)nc2c1ncn2[C@@H]1O[C@H](COP(=O)(N[C@H](C)C(=O)OC(C)C)Oc2ccccc2)C[C@@]1(C)F. The highest BCUT2D eigenvalue weighted by Gasteiger charge is 2.48. The third-order valence-corrected chi connectivity index (χ3v) is 7.60. The highest BCUT2D eigenvalue weighted by molar-refractivity contribution is 7.52. The van der Waals surface area contributed by atoms with Crippen LogP contribution in [0.5, 0.6) is 11.6 Å². The fourth-order valence-electron chi connectivity index (χ4n) is 4.29. The van der Waals surface area contributed by atoms with Gasteiger partial charge in [-0.2, -0.15) is 10.1 Å². The maximum atomic E-state index is 15.9. The van der Waals surface area contributed by atoms with Crippen molar-refractivity contribution >= 4 is 24.9 Å². The van der Waals surface area contributed by atoms with Gasteiger partial charge in [0.2, 0.25) is 5.88 Å². The number of hydrogen-bond donors (Lipinski definition) is 1. The van der Waals surface area contributed by atoms with Crippen molar-refractivity contribution in [2.24, 2.45) is 0 Å². The number of imidazole rings is 1. The predicted octanol–water partition coefficient (Wildman–Crippen LogP) is 4.68. The van der Waals surface area contributed by atoms with Gasteiger partial charge >= 0.3 is 13.7 Å². The summed E-state index contributed by atoms with van der Waals surface area (Å²) >= 11 is 0. The molecule has 0 bridgehead atoms. The first-order valence-corrected chi connectivity index (χ1v) is 14.6. The lowest BCUT2D eigenvalue weighted by atomic mass is 10.0. The van der Waals surface area contributed by atoms with E-state index in [9.17, 15) is 9.36 Å². The van der Waals surface area contributed by atoms with Gasteiger partial charge in [-0.05, 0) is 53.7 Å². The molecule has 1 N–H and O–H groups in total. The van der Waals surface area contributed by atoms with Crippen LogP contribution in [-0.4, -0.2) is 62.6 Å². The first kappa shape index (κ1) is 29.9. The first-order chi connectivity index (χ1) is 18.9. The Labute approximate surface area is 232 Å². The second-order valence-corrected chi connectivity index (χ2v) is 11.7. The molecule has 1 aliphatic rings. The van der Waals surface area contributed by atoms with E-state index in [1.165, 1.54) is 24.7 Å². The lowest BCUT2D eigenvalue weighted by Gasteiger charge is -2.24. The molecule has 3 aromatic rings. The smallest absolute Gasteiger partial charge is 0.459 e. The molecular formula is C26H35FN5O7P. The van der Waals surface area contributed by atoms with Crippen molar-refractivity contribution in [3.8, 4) is 11.6 Å². The zero-order valence-electron chi connectivity index (χ0n) is 23.4. The van der Waals surface area contributed by atoms with Gasteiger partial charge in [0.05, 0.1) is 31.7 Å². The van der Waals surface area contributed by atoms with Crippen LogP contribution in [0.2, 0.25) is 0 Å². The van der Waals surface area contributed by atoms with E-state index in [2.05, 4.69) is 20.0 Å². The summed E-state index contributed by atoms with van der Waals surface area (Å²) in [5.41, 5.74) is -1.10. The topological polar surface area (TPSA) is 136 Å². The molecule has 0 amide bonds. The standard InChI is InChI=1S/C26H35FN5O7P/c1-7-35-23-21-22(29-18(5)30-23)32(15-28-21)25-26(6,27)13-20(38-25)14-36-40(34,39-19-11-9-8-10-12-19)31-17(4)24(33)37-16(2)3/h8-12,15-17,20,25H,7,13-14H2,1-6H3,(H,31,34)/t17-,20+,25-,26-,40?/m1/s1. The number of esters is 1. The van der Waals surface area contributed by atoms with Crippen LogP contribution in [0.1, 0.15) is 53.1 Å². The van der Waals surface area contributed by atoms with Crippen molar-refractivity contribution in [1.29, 1.82) is 0 Å². The lowest BCUT2D eigenvalue weighted by Crippen LogP contribution is -2.36. The molecule has 0 saturated carbocycles. The normalized spacial score (nSPS) is 23.2. The molecule has 1 fully saturated rings.